The third-order valence-corrected chi connectivity index (χ3v) is 3.97. The Labute approximate surface area is 146 Å². The molecule has 6 heteroatoms. The van der Waals surface area contributed by atoms with Gasteiger partial charge in [0.1, 0.15) is 5.82 Å². The fraction of sp³-hybridized carbons (Fsp3) is 0.316. The lowest BCUT2D eigenvalue weighted by Crippen LogP contribution is -2.39. The summed E-state index contributed by atoms with van der Waals surface area (Å²) in [6, 6.07) is 14.7. The van der Waals surface area contributed by atoms with Crippen LogP contribution in [0.2, 0.25) is 0 Å². The molecule has 2 amide bonds. The Morgan fingerprint density at radius 1 is 0.960 bits per heavy atom. The number of hydrogen-bond donors (Lipinski definition) is 4. The Kier molecular flexibility index (Phi) is 7.37. The Balaban J connectivity index is 1.79. The second-order valence-electron chi connectivity index (χ2n) is 5.78. The molecule has 4 N–H and O–H groups in total. The van der Waals surface area contributed by atoms with Gasteiger partial charge in [0.15, 0.2) is 0 Å². The van der Waals surface area contributed by atoms with Crippen LogP contribution >= 0.6 is 0 Å². The van der Waals surface area contributed by atoms with Gasteiger partial charge in [-0.2, -0.15) is 0 Å². The Hall–Kier alpha value is -2.44. The van der Waals surface area contributed by atoms with Crippen molar-refractivity contribution in [1.82, 2.24) is 10.6 Å². The Bertz CT molecular complexity index is 649. The van der Waals surface area contributed by atoms with E-state index >= 15 is 0 Å². The van der Waals surface area contributed by atoms with Crippen LogP contribution in [0.25, 0.3) is 0 Å². The first-order valence-electron chi connectivity index (χ1n) is 8.21. The number of urea groups is 1. The lowest BCUT2D eigenvalue weighted by molar-refractivity contribution is 0.173. The van der Waals surface area contributed by atoms with Crippen LogP contribution in [-0.2, 0) is 0 Å². The number of hydrogen-bond acceptors (Lipinski definition) is 3. The molecular weight excluding hydrogens is 323 g/mol. The molecule has 2 aromatic carbocycles. The van der Waals surface area contributed by atoms with Gasteiger partial charge in [-0.1, -0.05) is 42.5 Å². The highest BCUT2D eigenvalue weighted by molar-refractivity contribution is 5.73. The number of carbonyl (C=O) groups is 1. The van der Waals surface area contributed by atoms with Gasteiger partial charge in [0, 0.05) is 25.6 Å². The van der Waals surface area contributed by atoms with E-state index < -0.39 is 12.1 Å². The normalized spacial score (nSPS) is 13.1. The summed E-state index contributed by atoms with van der Waals surface area (Å²) in [5.41, 5.74) is 1.58. The third-order valence-electron chi connectivity index (χ3n) is 3.97. The van der Waals surface area contributed by atoms with Crippen molar-refractivity contribution in [3.8, 4) is 0 Å². The van der Waals surface area contributed by atoms with Gasteiger partial charge in [0.25, 0.3) is 0 Å². The summed E-state index contributed by atoms with van der Waals surface area (Å²) in [4.78, 5) is 11.9. The molecule has 0 bridgehead atoms. The zero-order chi connectivity index (χ0) is 18.1. The molecule has 2 atom stereocenters. The largest absolute Gasteiger partial charge is 0.396 e. The van der Waals surface area contributed by atoms with Gasteiger partial charge in [0.05, 0.1) is 6.10 Å². The van der Waals surface area contributed by atoms with E-state index in [1.807, 2.05) is 30.3 Å². The minimum atomic E-state index is -0.909. The van der Waals surface area contributed by atoms with Crippen LogP contribution in [0.1, 0.15) is 29.6 Å². The maximum atomic E-state index is 12.9. The minimum Gasteiger partial charge on any atom is -0.396 e. The molecule has 0 saturated heterocycles. The van der Waals surface area contributed by atoms with E-state index in [2.05, 4.69) is 10.6 Å². The second kappa shape index (κ2) is 9.76. The number of nitrogens with one attached hydrogen (secondary N) is 2. The van der Waals surface area contributed by atoms with Crippen LogP contribution in [0, 0.1) is 5.82 Å². The molecule has 2 unspecified atom stereocenters. The molecule has 134 valence electrons. The summed E-state index contributed by atoms with van der Waals surface area (Å²) in [6.07, 6.45) is -0.364. The highest BCUT2D eigenvalue weighted by Crippen LogP contribution is 2.18. The fourth-order valence-electron chi connectivity index (χ4n) is 2.54. The van der Waals surface area contributed by atoms with Crippen molar-refractivity contribution in [1.29, 1.82) is 0 Å². The molecule has 0 fully saturated rings. The van der Waals surface area contributed by atoms with Gasteiger partial charge >= 0.3 is 6.03 Å². The predicted octanol–water partition coefficient (Wildman–Crippen LogP) is 2.32. The molecule has 25 heavy (non-hydrogen) atoms. The lowest BCUT2D eigenvalue weighted by Gasteiger charge is -2.18. The van der Waals surface area contributed by atoms with Crippen LogP contribution in [0.4, 0.5) is 9.18 Å². The highest BCUT2D eigenvalue weighted by atomic mass is 19.1. The molecule has 0 spiro atoms. The van der Waals surface area contributed by atoms with Crippen molar-refractivity contribution >= 4 is 6.03 Å². The quantitative estimate of drug-likeness (QED) is 0.592. The SMILES string of the molecule is O=C(NCC(O)c1ccc(F)cc1)NCC(CCO)c1ccccc1. The minimum absolute atomic E-state index is 0.0129. The lowest BCUT2D eigenvalue weighted by atomic mass is 9.96. The average molecular weight is 346 g/mol. The van der Waals surface area contributed by atoms with E-state index in [4.69, 9.17) is 0 Å². The standard InChI is InChI=1S/C19H23FN2O3/c20-17-8-6-15(7-9-17)18(24)13-22-19(25)21-12-16(10-11-23)14-4-2-1-3-5-14/h1-9,16,18,23-24H,10-13H2,(H2,21,22,25). The summed E-state index contributed by atoms with van der Waals surface area (Å²) < 4.78 is 12.9. The summed E-state index contributed by atoms with van der Waals surface area (Å²) in [5, 5.41) is 24.5. The second-order valence-corrected chi connectivity index (χ2v) is 5.78. The Morgan fingerprint density at radius 3 is 2.24 bits per heavy atom. The molecule has 0 aliphatic heterocycles. The number of aliphatic hydroxyl groups is 2. The van der Waals surface area contributed by atoms with Crippen molar-refractivity contribution in [3.63, 3.8) is 0 Å². The first-order valence-corrected chi connectivity index (χ1v) is 8.21. The summed E-state index contributed by atoms with van der Waals surface area (Å²) in [7, 11) is 0. The Morgan fingerprint density at radius 2 is 1.60 bits per heavy atom. The van der Waals surface area contributed by atoms with Crippen molar-refractivity contribution < 1.29 is 19.4 Å². The predicted molar refractivity (Wildman–Crippen MR) is 93.6 cm³/mol. The topological polar surface area (TPSA) is 81.6 Å². The molecule has 0 heterocycles. The van der Waals surface area contributed by atoms with Gasteiger partial charge < -0.3 is 20.8 Å². The highest BCUT2D eigenvalue weighted by Gasteiger charge is 2.13. The molecule has 0 saturated carbocycles. The number of benzene rings is 2. The maximum absolute atomic E-state index is 12.9. The number of halogens is 1. The van der Waals surface area contributed by atoms with Gasteiger partial charge in [-0.15, -0.1) is 0 Å². The van der Waals surface area contributed by atoms with E-state index in [0.29, 0.717) is 18.5 Å². The van der Waals surface area contributed by atoms with E-state index in [1.165, 1.54) is 24.3 Å². The zero-order valence-electron chi connectivity index (χ0n) is 13.9. The molecule has 2 aromatic rings. The molecule has 0 aliphatic carbocycles. The number of carbonyl (C=O) groups excluding carboxylic acids is 1. The van der Waals surface area contributed by atoms with Crippen LogP contribution in [-0.4, -0.2) is 35.9 Å². The number of aliphatic hydroxyl groups excluding tert-OH is 2. The summed E-state index contributed by atoms with van der Waals surface area (Å²) >= 11 is 0. The van der Waals surface area contributed by atoms with Gasteiger partial charge in [-0.3, -0.25) is 0 Å². The van der Waals surface area contributed by atoms with Crippen molar-refractivity contribution in [2.45, 2.75) is 18.4 Å². The van der Waals surface area contributed by atoms with Gasteiger partial charge in [0.2, 0.25) is 0 Å². The van der Waals surface area contributed by atoms with E-state index in [0.717, 1.165) is 5.56 Å². The van der Waals surface area contributed by atoms with Gasteiger partial charge in [-0.25, -0.2) is 9.18 Å². The van der Waals surface area contributed by atoms with E-state index in [1.54, 1.807) is 0 Å². The fourth-order valence-corrected chi connectivity index (χ4v) is 2.54. The summed E-state index contributed by atoms with van der Waals surface area (Å²) in [5.74, 6) is -0.364. The maximum Gasteiger partial charge on any atom is 0.314 e. The molecule has 2 rings (SSSR count). The third kappa shape index (κ3) is 6.17. The molecular formula is C19H23FN2O3. The van der Waals surface area contributed by atoms with Crippen LogP contribution < -0.4 is 10.6 Å². The van der Waals surface area contributed by atoms with Crippen LogP contribution in [0.15, 0.2) is 54.6 Å². The average Bonchev–Trinajstić information content (AvgIpc) is 2.64. The van der Waals surface area contributed by atoms with Crippen molar-refractivity contribution in [3.05, 3.63) is 71.5 Å². The van der Waals surface area contributed by atoms with Crippen molar-refractivity contribution in [2.75, 3.05) is 19.7 Å². The smallest absolute Gasteiger partial charge is 0.314 e. The van der Waals surface area contributed by atoms with Crippen molar-refractivity contribution in [2.24, 2.45) is 0 Å². The molecule has 0 aromatic heterocycles. The number of rotatable bonds is 8. The van der Waals surface area contributed by atoms with Crippen LogP contribution in [0.5, 0.6) is 0 Å². The molecule has 0 radical (unpaired) electrons. The molecule has 5 nitrogen and oxygen atoms in total. The first kappa shape index (κ1) is 18.9. The monoisotopic (exact) mass is 346 g/mol. The zero-order valence-corrected chi connectivity index (χ0v) is 13.9. The van der Waals surface area contributed by atoms with Crippen LogP contribution in [0.3, 0.4) is 0 Å². The van der Waals surface area contributed by atoms with E-state index in [9.17, 15) is 19.4 Å². The number of amides is 2. The van der Waals surface area contributed by atoms with Gasteiger partial charge in [-0.05, 0) is 29.7 Å². The first-order chi connectivity index (χ1) is 12.1. The summed E-state index contributed by atoms with van der Waals surface area (Å²) in [6.45, 7) is 0.433. The van der Waals surface area contributed by atoms with E-state index in [-0.39, 0.29) is 24.9 Å². The molecule has 0 aliphatic rings.